The van der Waals surface area contributed by atoms with Crippen molar-refractivity contribution < 1.29 is 27.6 Å². The van der Waals surface area contributed by atoms with Crippen LogP contribution in [0.2, 0.25) is 0 Å². The van der Waals surface area contributed by atoms with Crippen molar-refractivity contribution in [2.45, 2.75) is 83.0 Å². The number of amides is 3. The average Bonchev–Trinajstić information content (AvgIpc) is 3.82. The van der Waals surface area contributed by atoms with E-state index in [1.807, 2.05) is 31.3 Å². The van der Waals surface area contributed by atoms with Crippen molar-refractivity contribution in [3.63, 3.8) is 0 Å². The summed E-state index contributed by atoms with van der Waals surface area (Å²) in [4.78, 5) is 39.1. The predicted octanol–water partition coefficient (Wildman–Crippen LogP) is 4.74. The highest BCUT2D eigenvalue weighted by Gasteiger charge is 2.48. The average molecular weight is 560 g/mol. The fourth-order valence-corrected chi connectivity index (χ4v) is 6.06. The molecule has 216 valence electrons. The van der Waals surface area contributed by atoms with Crippen LogP contribution in [0.3, 0.4) is 0 Å². The third kappa shape index (κ3) is 6.67. The molecule has 2 fully saturated rings. The number of anilines is 1. The molecule has 1 heterocycles. The molecule has 2 atom stereocenters. The van der Waals surface area contributed by atoms with E-state index in [0.717, 1.165) is 36.8 Å². The molecule has 3 N–H and O–H groups in total. The number of hydrogen-bond acceptors (Lipinski definition) is 4. The molecule has 1 aromatic heterocycles. The minimum Gasteiger partial charge on any atom is -0.347 e. The number of aryl methyl sites for hydroxylation is 1. The van der Waals surface area contributed by atoms with Crippen LogP contribution in [0.4, 0.5) is 18.9 Å². The number of fused-ring (bicyclic) bond motifs is 1. The Kier molecular flexibility index (Phi) is 7.92. The van der Waals surface area contributed by atoms with Gasteiger partial charge in [-0.1, -0.05) is 6.07 Å². The Labute approximate surface area is 231 Å². The summed E-state index contributed by atoms with van der Waals surface area (Å²) in [6, 6.07) is 6.45. The molecule has 11 heteroatoms. The largest absolute Gasteiger partial charge is 0.405 e. The number of hydrogen-bond donors (Lipinski definition) is 3. The van der Waals surface area contributed by atoms with Gasteiger partial charge in [0, 0.05) is 24.3 Å². The van der Waals surface area contributed by atoms with Crippen molar-refractivity contribution in [2.24, 2.45) is 17.8 Å². The molecule has 2 unspecified atom stereocenters. The molecule has 2 aromatic rings. The smallest absolute Gasteiger partial charge is 0.347 e. The van der Waals surface area contributed by atoms with Crippen LogP contribution in [0.5, 0.6) is 0 Å². The van der Waals surface area contributed by atoms with Crippen molar-refractivity contribution in [1.29, 1.82) is 0 Å². The van der Waals surface area contributed by atoms with Crippen molar-refractivity contribution in [2.75, 3.05) is 11.9 Å². The maximum atomic E-state index is 13.7. The van der Waals surface area contributed by atoms with Crippen molar-refractivity contribution >= 4 is 23.4 Å². The zero-order chi connectivity index (χ0) is 28.6. The second kappa shape index (κ2) is 11.2. The molecule has 5 rings (SSSR count). The molecule has 0 bridgehead atoms. The van der Waals surface area contributed by atoms with Crippen LogP contribution in [0.1, 0.15) is 85.9 Å². The van der Waals surface area contributed by atoms with E-state index in [-0.39, 0.29) is 36.1 Å². The molecule has 1 aromatic carbocycles. The van der Waals surface area contributed by atoms with Gasteiger partial charge in [-0.2, -0.15) is 18.3 Å². The van der Waals surface area contributed by atoms with E-state index in [1.165, 1.54) is 0 Å². The van der Waals surface area contributed by atoms with E-state index in [0.29, 0.717) is 36.1 Å². The van der Waals surface area contributed by atoms with Crippen LogP contribution in [0, 0.1) is 17.8 Å². The molecule has 0 aliphatic heterocycles. The Morgan fingerprint density at radius 3 is 2.38 bits per heavy atom. The van der Waals surface area contributed by atoms with Gasteiger partial charge in [0.15, 0.2) is 0 Å². The Hall–Kier alpha value is -3.37. The van der Waals surface area contributed by atoms with Gasteiger partial charge in [-0.05, 0) is 105 Å². The minimum absolute atomic E-state index is 0.00311. The standard InChI is InChI=1S/C29H36F3N5O3/c1-16(2)37-23(11-12-34-37)27(39)36-26(25(17-3-4-17)18-5-6-18)28(40)35-21-9-10-22-19(13-21)7-8-20(22)14-24(38)33-15-29(30,31)32/h9-13,16-18,20,25-26H,3-8,14-15H2,1-2H3,(H,33,38)(H,35,40)(H,36,39). The van der Waals surface area contributed by atoms with Gasteiger partial charge in [-0.15, -0.1) is 0 Å². The molecule has 0 radical (unpaired) electrons. The number of benzene rings is 1. The van der Waals surface area contributed by atoms with Gasteiger partial charge in [0.2, 0.25) is 11.8 Å². The van der Waals surface area contributed by atoms with Gasteiger partial charge in [0.1, 0.15) is 18.3 Å². The topological polar surface area (TPSA) is 105 Å². The summed E-state index contributed by atoms with van der Waals surface area (Å²) in [7, 11) is 0. The first-order valence-electron chi connectivity index (χ1n) is 14.1. The third-order valence-electron chi connectivity index (χ3n) is 8.21. The van der Waals surface area contributed by atoms with Crippen LogP contribution in [-0.4, -0.2) is 46.3 Å². The number of alkyl halides is 3. The molecule has 0 saturated heterocycles. The number of nitrogens with zero attached hydrogens (tertiary/aromatic N) is 2. The van der Waals surface area contributed by atoms with Crippen molar-refractivity contribution in [3.05, 3.63) is 47.3 Å². The number of halogens is 3. The Balaban J connectivity index is 1.28. The monoisotopic (exact) mass is 559 g/mol. The second-order valence-corrected chi connectivity index (χ2v) is 11.7. The zero-order valence-electron chi connectivity index (χ0n) is 22.8. The SMILES string of the molecule is CC(C)n1nccc1C(=O)NC(C(=O)Nc1ccc2c(c1)CCC2CC(=O)NCC(F)(F)F)C(C1CC1)C1CC1. The summed E-state index contributed by atoms with van der Waals surface area (Å²) in [6.45, 7) is 2.55. The van der Waals surface area contributed by atoms with Crippen LogP contribution in [0.15, 0.2) is 30.5 Å². The molecule has 2 saturated carbocycles. The van der Waals surface area contributed by atoms with Gasteiger partial charge in [-0.3, -0.25) is 19.1 Å². The lowest BCUT2D eigenvalue weighted by atomic mass is 9.88. The first-order valence-corrected chi connectivity index (χ1v) is 14.1. The highest BCUT2D eigenvalue weighted by Crippen LogP contribution is 2.51. The molecule has 0 spiro atoms. The first-order chi connectivity index (χ1) is 19.0. The fourth-order valence-electron chi connectivity index (χ4n) is 6.06. The number of carbonyl (C=O) groups excluding carboxylic acids is 3. The van der Waals surface area contributed by atoms with E-state index >= 15 is 0 Å². The lowest BCUT2D eigenvalue weighted by Gasteiger charge is -2.28. The Bertz CT molecular complexity index is 1250. The third-order valence-corrected chi connectivity index (χ3v) is 8.21. The zero-order valence-corrected chi connectivity index (χ0v) is 22.8. The van der Waals surface area contributed by atoms with Gasteiger partial charge >= 0.3 is 6.18 Å². The van der Waals surface area contributed by atoms with Crippen LogP contribution in [0.25, 0.3) is 0 Å². The van der Waals surface area contributed by atoms with Gasteiger partial charge < -0.3 is 16.0 Å². The van der Waals surface area contributed by atoms with Crippen LogP contribution >= 0.6 is 0 Å². The van der Waals surface area contributed by atoms with Gasteiger partial charge in [0.05, 0.1) is 0 Å². The number of carbonyl (C=O) groups is 3. The quantitative estimate of drug-likeness (QED) is 0.370. The molecular weight excluding hydrogens is 523 g/mol. The summed E-state index contributed by atoms with van der Waals surface area (Å²) < 4.78 is 38.9. The van der Waals surface area contributed by atoms with E-state index in [9.17, 15) is 27.6 Å². The molecule has 3 aliphatic carbocycles. The molecule has 3 amide bonds. The van der Waals surface area contributed by atoms with Crippen LogP contribution in [-0.2, 0) is 16.0 Å². The van der Waals surface area contributed by atoms with E-state index < -0.39 is 24.7 Å². The molecular formula is C29H36F3N5O3. The minimum atomic E-state index is -4.44. The number of aromatic nitrogens is 2. The van der Waals surface area contributed by atoms with Gasteiger partial charge in [-0.25, -0.2) is 0 Å². The van der Waals surface area contributed by atoms with Gasteiger partial charge in [0.25, 0.3) is 5.91 Å². The summed E-state index contributed by atoms with van der Waals surface area (Å²) in [6.07, 6.45) is 2.68. The van der Waals surface area contributed by atoms with E-state index in [4.69, 9.17) is 0 Å². The van der Waals surface area contributed by atoms with E-state index in [1.54, 1.807) is 23.0 Å². The Morgan fingerprint density at radius 2 is 1.75 bits per heavy atom. The maximum absolute atomic E-state index is 13.7. The molecule has 3 aliphatic rings. The number of nitrogens with one attached hydrogen (secondary N) is 3. The second-order valence-electron chi connectivity index (χ2n) is 11.7. The lowest BCUT2D eigenvalue weighted by Crippen LogP contribution is -2.50. The Morgan fingerprint density at radius 1 is 1.05 bits per heavy atom. The van der Waals surface area contributed by atoms with Crippen molar-refractivity contribution in [1.82, 2.24) is 20.4 Å². The summed E-state index contributed by atoms with van der Waals surface area (Å²) in [5, 5.41) is 12.3. The van der Waals surface area contributed by atoms with E-state index in [2.05, 4.69) is 15.7 Å². The summed E-state index contributed by atoms with van der Waals surface area (Å²) >= 11 is 0. The maximum Gasteiger partial charge on any atom is 0.405 e. The number of rotatable bonds is 11. The summed E-state index contributed by atoms with van der Waals surface area (Å²) in [5.74, 6) is -0.456. The summed E-state index contributed by atoms with van der Waals surface area (Å²) in [5.41, 5.74) is 2.90. The van der Waals surface area contributed by atoms with Crippen molar-refractivity contribution in [3.8, 4) is 0 Å². The fraction of sp³-hybridized carbons (Fsp3) is 0.586. The molecule has 8 nitrogen and oxygen atoms in total. The normalized spacial score (nSPS) is 19.4. The highest BCUT2D eigenvalue weighted by atomic mass is 19.4. The molecule has 40 heavy (non-hydrogen) atoms. The predicted molar refractivity (Wildman–Crippen MR) is 143 cm³/mol. The lowest BCUT2D eigenvalue weighted by molar-refractivity contribution is -0.138. The van der Waals surface area contributed by atoms with Crippen LogP contribution < -0.4 is 16.0 Å². The highest BCUT2D eigenvalue weighted by molar-refractivity contribution is 6.01. The first kappa shape index (κ1) is 28.2.